The molecule has 2 aromatic rings. The zero-order chi connectivity index (χ0) is 20.0. The van der Waals surface area contributed by atoms with Crippen molar-refractivity contribution in [3.63, 3.8) is 0 Å². The van der Waals surface area contributed by atoms with E-state index in [2.05, 4.69) is 10.5 Å². The smallest absolute Gasteiger partial charge is 0.338 e. The first-order chi connectivity index (χ1) is 12.8. The van der Waals surface area contributed by atoms with Crippen LogP contribution < -0.4 is 5.32 Å². The summed E-state index contributed by atoms with van der Waals surface area (Å²) < 4.78 is 36.1. The van der Waals surface area contributed by atoms with Gasteiger partial charge in [0.1, 0.15) is 5.76 Å². The van der Waals surface area contributed by atoms with Crippen LogP contribution in [0.3, 0.4) is 0 Å². The monoisotopic (exact) mass is 395 g/mol. The van der Waals surface area contributed by atoms with Crippen LogP contribution in [0.1, 0.15) is 30.0 Å². The third-order valence-electron chi connectivity index (χ3n) is 3.64. The summed E-state index contributed by atoms with van der Waals surface area (Å²) >= 11 is 0. The molecular weight excluding hydrogens is 374 g/mol. The zero-order valence-corrected chi connectivity index (χ0v) is 16.1. The van der Waals surface area contributed by atoms with Crippen LogP contribution in [0.2, 0.25) is 0 Å². The van der Waals surface area contributed by atoms with E-state index in [-0.39, 0.29) is 16.3 Å². The molecule has 1 aromatic carbocycles. The van der Waals surface area contributed by atoms with Gasteiger partial charge in [0.25, 0.3) is 5.91 Å². The molecule has 27 heavy (non-hydrogen) atoms. The Labute approximate surface area is 157 Å². The molecule has 0 aliphatic heterocycles. The molecule has 0 radical (unpaired) electrons. The van der Waals surface area contributed by atoms with Crippen molar-refractivity contribution in [1.82, 2.24) is 9.46 Å². The lowest BCUT2D eigenvalue weighted by molar-refractivity contribution is -0.119. The molecule has 0 aliphatic rings. The quantitative estimate of drug-likeness (QED) is 0.677. The van der Waals surface area contributed by atoms with Crippen molar-refractivity contribution in [2.75, 3.05) is 25.0 Å². The molecule has 0 saturated carbocycles. The largest absolute Gasteiger partial charge is 0.452 e. The molecule has 10 heteroatoms. The minimum Gasteiger partial charge on any atom is -0.452 e. The topological polar surface area (TPSA) is 119 Å². The number of nitrogens with zero attached hydrogens (tertiary/aromatic N) is 2. The number of amides is 1. The summed E-state index contributed by atoms with van der Waals surface area (Å²) in [4.78, 5) is 23.9. The molecule has 0 unspecified atom stereocenters. The molecule has 1 N–H and O–H groups in total. The second-order valence-electron chi connectivity index (χ2n) is 5.56. The number of hydrogen-bond acceptors (Lipinski definition) is 7. The Morgan fingerprint density at radius 2 is 1.93 bits per heavy atom. The third-order valence-corrected chi connectivity index (χ3v) is 5.69. The number of sulfonamides is 1. The summed E-state index contributed by atoms with van der Waals surface area (Å²) in [5.74, 6) is -0.670. The molecule has 146 valence electrons. The van der Waals surface area contributed by atoms with E-state index >= 15 is 0 Å². The fourth-order valence-corrected chi connectivity index (χ4v) is 3.82. The Morgan fingerprint density at radius 1 is 1.22 bits per heavy atom. The van der Waals surface area contributed by atoms with Crippen LogP contribution in [0.5, 0.6) is 0 Å². The number of nitrogens with one attached hydrogen (secondary N) is 1. The molecule has 0 saturated heterocycles. The van der Waals surface area contributed by atoms with Gasteiger partial charge in [0, 0.05) is 19.2 Å². The Kier molecular flexibility index (Phi) is 6.70. The van der Waals surface area contributed by atoms with E-state index in [0.29, 0.717) is 18.8 Å². The molecule has 9 nitrogen and oxygen atoms in total. The molecule has 1 aromatic heterocycles. The number of carbonyl (C=O) groups excluding carboxylic acids is 2. The van der Waals surface area contributed by atoms with Crippen molar-refractivity contribution >= 4 is 27.7 Å². The van der Waals surface area contributed by atoms with Gasteiger partial charge in [-0.05, 0) is 25.1 Å². The van der Waals surface area contributed by atoms with Crippen LogP contribution >= 0.6 is 0 Å². The predicted octanol–water partition coefficient (Wildman–Crippen LogP) is 1.81. The Morgan fingerprint density at radius 3 is 2.52 bits per heavy atom. The third kappa shape index (κ3) is 5.14. The van der Waals surface area contributed by atoms with Gasteiger partial charge >= 0.3 is 5.97 Å². The molecule has 0 atom stereocenters. The van der Waals surface area contributed by atoms with Crippen LogP contribution in [0.4, 0.5) is 5.82 Å². The summed E-state index contributed by atoms with van der Waals surface area (Å²) in [7, 11) is -3.70. The van der Waals surface area contributed by atoms with Gasteiger partial charge in [-0.25, -0.2) is 13.2 Å². The molecular formula is C17H21N3O6S. The fraction of sp³-hybridized carbons (Fsp3) is 0.353. The second-order valence-corrected chi connectivity index (χ2v) is 7.50. The second kappa shape index (κ2) is 8.78. The van der Waals surface area contributed by atoms with Crippen LogP contribution in [0.15, 0.2) is 39.8 Å². The number of anilines is 1. The summed E-state index contributed by atoms with van der Waals surface area (Å²) in [5.41, 5.74) is 0.0355. The van der Waals surface area contributed by atoms with Gasteiger partial charge in [-0.1, -0.05) is 25.1 Å². The number of esters is 1. The number of aromatic nitrogens is 1. The lowest BCUT2D eigenvalue weighted by atomic mass is 10.2. The molecule has 0 aliphatic carbocycles. The summed E-state index contributed by atoms with van der Waals surface area (Å²) in [6, 6.07) is 7.02. The number of benzene rings is 1. The van der Waals surface area contributed by atoms with E-state index in [1.165, 1.54) is 34.6 Å². The molecule has 1 heterocycles. The highest BCUT2D eigenvalue weighted by Crippen LogP contribution is 2.17. The van der Waals surface area contributed by atoms with Crippen molar-refractivity contribution in [3.8, 4) is 0 Å². The highest BCUT2D eigenvalue weighted by Gasteiger charge is 2.23. The van der Waals surface area contributed by atoms with Gasteiger partial charge in [-0.2, -0.15) is 4.31 Å². The number of hydrogen-bond donors (Lipinski definition) is 1. The average molecular weight is 395 g/mol. The maximum atomic E-state index is 12.5. The van der Waals surface area contributed by atoms with Crippen molar-refractivity contribution in [2.45, 2.75) is 25.7 Å². The lowest BCUT2D eigenvalue weighted by Gasteiger charge is -2.18. The van der Waals surface area contributed by atoms with Crippen molar-refractivity contribution in [3.05, 3.63) is 41.7 Å². The minimum absolute atomic E-state index is 0.0110. The van der Waals surface area contributed by atoms with Gasteiger partial charge in [0.05, 0.1) is 10.5 Å². The first-order valence-electron chi connectivity index (χ1n) is 8.28. The Hall–Kier alpha value is -2.72. The van der Waals surface area contributed by atoms with E-state index in [9.17, 15) is 18.0 Å². The van der Waals surface area contributed by atoms with Crippen molar-refractivity contribution < 1.29 is 27.3 Å². The van der Waals surface area contributed by atoms with Gasteiger partial charge in [-0.3, -0.25) is 4.79 Å². The molecule has 0 bridgehead atoms. The molecule has 0 spiro atoms. The Bertz CT molecular complexity index is 918. The number of carbonyl (C=O) groups is 2. The van der Waals surface area contributed by atoms with Crippen LogP contribution in [0, 0.1) is 6.92 Å². The number of aryl methyl sites for hydroxylation is 1. The number of ether oxygens (including phenoxy) is 1. The van der Waals surface area contributed by atoms with E-state index in [4.69, 9.17) is 9.26 Å². The molecule has 2 rings (SSSR count). The minimum atomic E-state index is -3.70. The first-order valence-corrected chi connectivity index (χ1v) is 9.72. The van der Waals surface area contributed by atoms with Gasteiger partial charge in [0.2, 0.25) is 10.0 Å². The highest BCUT2D eigenvalue weighted by molar-refractivity contribution is 7.89. The maximum Gasteiger partial charge on any atom is 0.338 e. The number of rotatable bonds is 8. The average Bonchev–Trinajstić information content (AvgIpc) is 3.05. The van der Waals surface area contributed by atoms with E-state index in [1.807, 2.05) is 0 Å². The molecule has 0 fully saturated rings. The van der Waals surface area contributed by atoms with Crippen LogP contribution in [0.25, 0.3) is 0 Å². The van der Waals surface area contributed by atoms with Gasteiger partial charge in [-0.15, -0.1) is 0 Å². The van der Waals surface area contributed by atoms with E-state index in [1.54, 1.807) is 20.8 Å². The zero-order valence-electron chi connectivity index (χ0n) is 15.3. The summed E-state index contributed by atoms with van der Waals surface area (Å²) in [6.07, 6.45) is 0. The summed E-state index contributed by atoms with van der Waals surface area (Å²) in [6.45, 7) is 5.21. The van der Waals surface area contributed by atoms with Crippen LogP contribution in [-0.2, 0) is 19.6 Å². The van der Waals surface area contributed by atoms with Crippen LogP contribution in [-0.4, -0.2) is 49.5 Å². The Balaban J connectivity index is 2.03. The van der Waals surface area contributed by atoms with E-state index < -0.39 is 28.5 Å². The lowest BCUT2D eigenvalue weighted by Crippen LogP contribution is -2.30. The van der Waals surface area contributed by atoms with Gasteiger partial charge in [0.15, 0.2) is 12.4 Å². The first kappa shape index (κ1) is 20.6. The summed E-state index contributed by atoms with van der Waals surface area (Å²) in [5, 5.41) is 6.01. The standard InChI is InChI=1S/C17H21N3O6S/c1-4-20(5-2)27(23,24)14-8-6-7-13(10-14)17(22)25-11-16(21)18-15-9-12(3)26-19-15/h6-10H,4-5,11H2,1-3H3,(H,18,19,21). The SMILES string of the molecule is CCN(CC)S(=O)(=O)c1cccc(C(=O)OCC(=O)Nc2cc(C)on2)c1. The normalized spacial score (nSPS) is 11.4. The fourth-order valence-electron chi connectivity index (χ4n) is 2.31. The van der Waals surface area contributed by atoms with E-state index in [0.717, 1.165) is 0 Å². The predicted molar refractivity (Wildman–Crippen MR) is 96.7 cm³/mol. The highest BCUT2D eigenvalue weighted by atomic mass is 32.2. The van der Waals surface area contributed by atoms with Crippen molar-refractivity contribution in [2.24, 2.45) is 0 Å². The van der Waals surface area contributed by atoms with Gasteiger partial charge < -0.3 is 14.6 Å². The maximum absolute atomic E-state index is 12.5. The molecule has 1 amide bonds. The van der Waals surface area contributed by atoms with Crippen molar-refractivity contribution in [1.29, 1.82) is 0 Å².